The Morgan fingerprint density at radius 2 is 2.05 bits per heavy atom. The highest BCUT2D eigenvalue weighted by Crippen LogP contribution is 2.13. The van der Waals surface area contributed by atoms with Gasteiger partial charge >= 0.3 is 11.8 Å². The number of aryl methyl sites for hydroxylation is 1. The summed E-state index contributed by atoms with van der Waals surface area (Å²) in [6.45, 7) is 1.91. The summed E-state index contributed by atoms with van der Waals surface area (Å²) in [7, 11) is 0. The number of carbonyl (C=O) groups excluding carboxylic acids is 2. The van der Waals surface area contributed by atoms with Gasteiger partial charge in [0.1, 0.15) is 5.82 Å². The molecule has 0 aliphatic heterocycles. The molecule has 0 unspecified atom stereocenters. The molecule has 0 fully saturated rings. The molecule has 1 aromatic carbocycles. The molecule has 2 aromatic rings. The number of anilines is 1. The SMILES string of the molecule is Cc1ccc(NC(=O)C(=O)NCc2ccsc2)cc1F. The van der Waals surface area contributed by atoms with E-state index >= 15 is 0 Å². The zero-order valence-corrected chi connectivity index (χ0v) is 11.6. The third-order valence-corrected chi connectivity index (χ3v) is 3.40. The van der Waals surface area contributed by atoms with E-state index in [1.54, 1.807) is 13.0 Å². The van der Waals surface area contributed by atoms with Gasteiger partial charge in [0, 0.05) is 12.2 Å². The summed E-state index contributed by atoms with van der Waals surface area (Å²) in [5, 5.41) is 8.61. The van der Waals surface area contributed by atoms with Crippen molar-refractivity contribution in [1.82, 2.24) is 5.32 Å². The highest BCUT2D eigenvalue weighted by Gasteiger charge is 2.13. The van der Waals surface area contributed by atoms with Gasteiger partial charge in [-0.3, -0.25) is 9.59 Å². The maximum atomic E-state index is 13.3. The summed E-state index contributed by atoms with van der Waals surface area (Å²) in [6.07, 6.45) is 0. The summed E-state index contributed by atoms with van der Waals surface area (Å²) in [4.78, 5) is 23.2. The lowest BCUT2D eigenvalue weighted by Gasteiger charge is -2.06. The van der Waals surface area contributed by atoms with E-state index in [1.807, 2.05) is 16.8 Å². The Kier molecular flexibility index (Phi) is 4.47. The molecule has 0 saturated carbocycles. The van der Waals surface area contributed by atoms with E-state index in [0.29, 0.717) is 5.56 Å². The third-order valence-electron chi connectivity index (χ3n) is 2.67. The molecular formula is C14H13FN2O2S. The fraction of sp³-hybridized carbons (Fsp3) is 0.143. The molecule has 4 nitrogen and oxygen atoms in total. The Balaban J connectivity index is 1.90. The van der Waals surface area contributed by atoms with Crippen LogP contribution in [0.1, 0.15) is 11.1 Å². The molecule has 0 bridgehead atoms. The maximum absolute atomic E-state index is 13.3. The van der Waals surface area contributed by atoms with E-state index < -0.39 is 17.6 Å². The number of carbonyl (C=O) groups is 2. The maximum Gasteiger partial charge on any atom is 0.313 e. The number of nitrogens with one attached hydrogen (secondary N) is 2. The van der Waals surface area contributed by atoms with Gasteiger partial charge in [-0.25, -0.2) is 4.39 Å². The standard InChI is InChI=1S/C14H13FN2O2S/c1-9-2-3-11(6-12(9)15)17-14(19)13(18)16-7-10-4-5-20-8-10/h2-6,8H,7H2,1H3,(H,16,18)(H,17,19). The Morgan fingerprint density at radius 1 is 1.25 bits per heavy atom. The number of benzene rings is 1. The molecule has 0 atom stereocenters. The van der Waals surface area contributed by atoms with Crippen LogP contribution in [-0.2, 0) is 16.1 Å². The molecule has 1 aromatic heterocycles. The quantitative estimate of drug-likeness (QED) is 0.854. The Labute approximate surface area is 119 Å². The topological polar surface area (TPSA) is 58.2 Å². The predicted molar refractivity (Wildman–Crippen MR) is 75.9 cm³/mol. The lowest BCUT2D eigenvalue weighted by atomic mass is 10.2. The fourth-order valence-electron chi connectivity index (χ4n) is 1.51. The normalized spacial score (nSPS) is 10.1. The van der Waals surface area contributed by atoms with Gasteiger partial charge in [0.2, 0.25) is 0 Å². The van der Waals surface area contributed by atoms with E-state index in [1.165, 1.54) is 23.5 Å². The second-order valence-corrected chi connectivity index (χ2v) is 5.01. The van der Waals surface area contributed by atoms with Crippen molar-refractivity contribution in [1.29, 1.82) is 0 Å². The molecule has 104 valence electrons. The molecule has 20 heavy (non-hydrogen) atoms. The van der Waals surface area contributed by atoms with Crippen molar-refractivity contribution in [3.63, 3.8) is 0 Å². The van der Waals surface area contributed by atoms with E-state index in [0.717, 1.165) is 5.56 Å². The van der Waals surface area contributed by atoms with E-state index in [4.69, 9.17) is 0 Å². The molecule has 0 radical (unpaired) electrons. The zero-order valence-electron chi connectivity index (χ0n) is 10.8. The van der Waals surface area contributed by atoms with Crippen LogP contribution in [0.15, 0.2) is 35.0 Å². The summed E-state index contributed by atoms with van der Waals surface area (Å²) in [6, 6.07) is 6.12. The number of halogens is 1. The van der Waals surface area contributed by atoms with Crippen molar-refractivity contribution in [2.45, 2.75) is 13.5 Å². The first-order valence-corrected chi connectivity index (χ1v) is 6.87. The number of rotatable bonds is 3. The van der Waals surface area contributed by atoms with Crippen molar-refractivity contribution in [2.24, 2.45) is 0 Å². The second kappa shape index (κ2) is 6.29. The summed E-state index contributed by atoms with van der Waals surface area (Å²) in [5.74, 6) is -2.00. The first-order chi connectivity index (χ1) is 9.56. The van der Waals surface area contributed by atoms with Crippen LogP contribution >= 0.6 is 11.3 Å². The first-order valence-electron chi connectivity index (χ1n) is 5.92. The molecule has 2 rings (SSSR count). The highest BCUT2D eigenvalue weighted by molar-refractivity contribution is 7.07. The molecule has 6 heteroatoms. The fourth-order valence-corrected chi connectivity index (χ4v) is 2.18. The minimum Gasteiger partial charge on any atom is -0.344 e. The van der Waals surface area contributed by atoms with Crippen LogP contribution in [-0.4, -0.2) is 11.8 Å². The van der Waals surface area contributed by atoms with Crippen LogP contribution in [0.5, 0.6) is 0 Å². The van der Waals surface area contributed by atoms with Crippen LogP contribution in [0.4, 0.5) is 10.1 Å². The van der Waals surface area contributed by atoms with Crippen molar-refractivity contribution in [3.05, 3.63) is 52.0 Å². The van der Waals surface area contributed by atoms with Crippen LogP contribution in [0.25, 0.3) is 0 Å². The van der Waals surface area contributed by atoms with Gasteiger partial charge in [-0.2, -0.15) is 11.3 Å². The Morgan fingerprint density at radius 3 is 2.70 bits per heavy atom. The van der Waals surface area contributed by atoms with Crippen LogP contribution in [0.3, 0.4) is 0 Å². The molecule has 0 spiro atoms. The summed E-state index contributed by atoms with van der Waals surface area (Å²) in [5.41, 5.74) is 1.66. The summed E-state index contributed by atoms with van der Waals surface area (Å²) < 4.78 is 13.3. The van der Waals surface area contributed by atoms with E-state index in [9.17, 15) is 14.0 Å². The number of amides is 2. The van der Waals surface area contributed by atoms with Crippen LogP contribution < -0.4 is 10.6 Å². The molecule has 2 amide bonds. The van der Waals surface area contributed by atoms with Gasteiger partial charge in [0.25, 0.3) is 0 Å². The molecule has 0 aliphatic rings. The van der Waals surface area contributed by atoms with Gasteiger partial charge in [0.05, 0.1) is 0 Å². The summed E-state index contributed by atoms with van der Waals surface area (Å²) >= 11 is 1.51. The largest absolute Gasteiger partial charge is 0.344 e. The van der Waals surface area contributed by atoms with Crippen LogP contribution in [0, 0.1) is 12.7 Å². The van der Waals surface area contributed by atoms with Gasteiger partial charge in [-0.1, -0.05) is 6.07 Å². The first kappa shape index (κ1) is 14.2. The Bertz CT molecular complexity index is 626. The zero-order chi connectivity index (χ0) is 14.5. The monoisotopic (exact) mass is 292 g/mol. The lowest BCUT2D eigenvalue weighted by Crippen LogP contribution is -2.34. The molecule has 1 heterocycles. The average Bonchev–Trinajstić information content (AvgIpc) is 2.93. The highest BCUT2D eigenvalue weighted by atomic mass is 32.1. The third kappa shape index (κ3) is 3.64. The average molecular weight is 292 g/mol. The van der Waals surface area contributed by atoms with Crippen molar-refractivity contribution >= 4 is 28.8 Å². The molecule has 0 saturated heterocycles. The van der Waals surface area contributed by atoms with Crippen molar-refractivity contribution in [2.75, 3.05) is 5.32 Å². The molecular weight excluding hydrogens is 279 g/mol. The Hall–Kier alpha value is -2.21. The van der Waals surface area contributed by atoms with Gasteiger partial charge in [-0.05, 0) is 47.0 Å². The van der Waals surface area contributed by atoms with E-state index in [-0.39, 0.29) is 12.2 Å². The number of hydrogen-bond donors (Lipinski definition) is 2. The smallest absolute Gasteiger partial charge is 0.313 e. The number of hydrogen-bond acceptors (Lipinski definition) is 3. The number of thiophene rings is 1. The lowest BCUT2D eigenvalue weighted by molar-refractivity contribution is -0.136. The van der Waals surface area contributed by atoms with E-state index in [2.05, 4.69) is 10.6 Å². The van der Waals surface area contributed by atoms with Gasteiger partial charge in [0.15, 0.2) is 0 Å². The van der Waals surface area contributed by atoms with Crippen molar-refractivity contribution < 1.29 is 14.0 Å². The van der Waals surface area contributed by atoms with Gasteiger partial charge in [-0.15, -0.1) is 0 Å². The molecule has 2 N–H and O–H groups in total. The minimum absolute atomic E-state index is 0.254. The minimum atomic E-state index is -0.816. The van der Waals surface area contributed by atoms with Crippen LogP contribution in [0.2, 0.25) is 0 Å². The molecule has 0 aliphatic carbocycles. The van der Waals surface area contributed by atoms with Gasteiger partial charge < -0.3 is 10.6 Å². The van der Waals surface area contributed by atoms with Crippen molar-refractivity contribution in [3.8, 4) is 0 Å². The second-order valence-electron chi connectivity index (χ2n) is 4.23. The predicted octanol–water partition coefficient (Wildman–Crippen LogP) is 2.45.